The van der Waals surface area contributed by atoms with Crippen LogP contribution in [0.2, 0.25) is 0 Å². The molecule has 0 fully saturated rings. The van der Waals surface area contributed by atoms with Crippen molar-refractivity contribution in [3.05, 3.63) is 30.1 Å². The zero-order valence-electron chi connectivity index (χ0n) is 13.0. The number of nitrogens with zero attached hydrogens (tertiary/aromatic N) is 2. The van der Waals surface area contributed by atoms with Gasteiger partial charge in [0.05, 0.1) is 11.0 Å². The van der Waals surface area contributed by atoms with Crippen molar-refractivity contribution in [1.29, 1.82) is 0 Å². The molecule has 1 atom stereocenters. The Bertz CT molecular complexity index is 522. The predicted octanol–water partition coefficient (Wildman–Crippen LogP) is 3.67. The number of aromatic nitrogens is 2. The van der Waals surface area contributed by atoms with Crippen LogP contribution in [0.3, 0.4) is 0 Å². The average Bonchev–Trinajstić information content (AvgIpc) is 2.79. The summed E-state index contributed by atoms with van der Waals surface area (Å²) in [7, 11) is 2.13. The van der Waals surface area contributed by atoms with Gasteiger partial charge in [-0.2, -0.15) is 0 Å². The van der Waals surface area contributed by atoms with E-state index in [4.69, 9.17) is 4.98 Å². The first kappa shape index (κ1) is 15.0. The van der Waals surface area contributed by atoms with Gasteiger partial charge in [0, 0.05) is 19.5 Å². The number of hydrogen-bond acceptors (Lipinski definition) is 2. The lowest BCUT2D eigenvalue weighted by Gasteiger charge is -2.18. The summed E-state index contributed by atoms with van der Waals surface area (Å²) in [6.07, 6.45) is 5.98. The van der Waals surface area contributed by atoms with Gasteiger partial charge in [-0.05, 0) is 31.5 Å². The Morgan fingerprint density at radius 2 is 2.00 bits per heavy atom. The molecule has 1 unspecified atom stereocenters. The Hall–Kier alpha value is -1.35. The Kier molecular flexibility index (Phi) is 5.60. The summed E-state index contributed by atoms with van der Waals surface area (Å²) in [6, 6.07) is 8.93. The quantitative estimate of drug-likeness (QED) is 0.795. The number of imidazole rings is 1. The number of fused-ring (bicyclic) bond motifs is 1. The first-order valence-electron chi connectivity index (χ1n) is 7.90. The van der Waals surface area contributed by atoms with E-state index in [-0.39, 0.29) is 0 Å². The van der Waals surface area contributed by atoms with Crippen LogP contribution in [0.4, 0.5) is 0 Å². The van der Waals surface area contributed by atoms with Gasteiger partial charge in [-0.15, -0.1) is 0 Å². The molecular weight excluding hydrogens is 246 g/mol. The minimum Gasteiger partial charge on any atom is -0.331 e. The molecule has 110 valence electrons. The van der Waals surface area contributed by atoms with Crippen molar-refractivity contribution < 1.29 is 0 Å². The highest BCUT2D eigenvalue weighted by atomic mass is 15.1. The maximum absolute atomic E-state index is 4.79. The minimum absolute atomic E-state index is 0.547. The van der Waals surface area contributed by atoms with E-state index in [0.717, 1.165) is 18.5 Å². The number of para-hydroxylation sites is 2. The summed E-state index contributed by atoms with van der Waals surface area (Å²) in [5.41, 5.74) is 2.34. The molecule has 0 aliphatic rings. The molecule has 1 aromatic heterocycles. The van der Waals surface area contributed by atoms with E-state index in [9.17, 15) is 0 Å². The molecule has 0 saturated heterocycles. The standard InChI is InChI=1S/C17H27N3/c1-4-6-9-14(18-12-5-2)13-17-19-15-10-7-8-11-16(15)20(17)3/h7-8,10-11,14,18H,4-6,9,12-13H2,1-3H3. The van der Waals surface area contributed by atoms with E-state index in [1.807, 2.05) is 0 Å². The summed E-state index contributed by atoms with van der Waals surface area (Å²) in [5.74, 6) is 1.19. The van der Waals surface area contributed by atoms with Gasteiger partial charge in [0.25, 0.3) is 0 Å². The lowest BCUT2D eigenvalue weighted by molar-refractivity contribution is 0.451. The van der Waals surface area contributed by atoms with Crippen molar-refractivity contribution in [3.63, 3.8) is 0 Å². The fourth-order valence-corrected chi connectivity index (χ4v) is 2.67. The Labute approximate surface area is 122 Å². The van der Waals surface area contributed by atoms with Gasteiger partial charge in [-0.3, -0.25) is 0 Å². The number of benzene rings is 1. The molecule has 1 heterocycles. The van der Waals surface area contributed by atoms with E-state index in [0.29, 0.717) is 6.04 Å². The van der Waals surface area contributed by atoms with Crippen LogP contribution < -0.4 is 5.32 Å². The summed E-state index contributed by atoms with van der Waals surface area (Å²) < 4.78 is 2.24. The van der Waals surface area contributed by atoms with E-state index >= 15 is 0 Å². The van der Waals surface area contributed by atoms with E-state index < -0.39 is 0 Å². The van der Waals surface area contributed by atoms with Gasteiger partial charge in [-0.1, -0.05) is 38.8 Å². The molecule has 2 rings (SSSR count). The number of rotatable bonds is 8. The third-order valence-electron chi connectivity index (χ3n) is 3.90. The number of hydrogen-bond donors (Lipinski definition) is 1. The summed E-state index contributed by atoms with van der Waals surface area (Å²) in [5, 5.41) is 3.67. The second-order valence-electron chi connectivity index (χ2n) is 5.57. The monoisotopic (exact) mass is 273 g/mol. The molecule has 0 radical (unpaired) electrons. The van der Waals surface area contributed by atoms with Crippen molar-refractivity contribution >= 4 is 11.0 Å². The van der Waals surface area contributed by atoms with Crippen molar-refractivity contribution in [2.75, 3.05) is 6.54 Å². The fraction of sp³-hybridized carbons (Fsp3) is 0.588. The van der Waals surface area contributed by atoms with Crippen LogP contribution in [0.15, 0.2) is 24.3 Å². The van der Waals surface area contributed by atoms with Crippen LogP contribution in [-0.4, -0.2) is 22.1 Å². The lowest BCUT2D eigenvalue weighted by Crippen LogP contribution is -2.32. The summed E-state index contributed by atoms with van der Waals surface area (Å²) in [4.78, 5) is 4.79. The van der Waals surface area contributed by atoms with Crippen LogP contribution in [0.25, 0.3) is 11.0 Å². The molecule has 1 aromatic carbocycles. The molecule has 2 aromatic rings. The average molecular weight is 273 g/mol. The molecule has 0 aliphatic carbocycles. The first-order chi connectivity index (χ1) is 9.76. The molecule has 20 heavy (non-hydrogen) atoms. The third kappa shape index (κ3) is 3.60. The van der Waals surface area contributed by atoms with Crippen molar-refractivity contribution in [3.8, 4) is 0 Å². The molecule has 0 bridgehead atoms. The van der Waals surface area contributed by atoms with Crippen LogP contribution in [0.1, 0.15) is 45.4 Å². The molecule has 3 heteroatoms. The van der Waals surface area contributed by atoms with Gasteiger partial charge in [-0.25, -0.2) is 4.98 Å². The molecule has 3 nitrogen and oxygen atoms in total. The number of aryl methyl sites for hydroxylation is 1. The molecule has 0 amide bonds. The van der Waals surface area contributed by atoms with Crippen molar-refractivity contribution in [2.45, 2.75) is 52.0 Å². The molecule has 1 N–H and O–H groups in total. The maximum Gasteiger partial charge on any atom is 0.111 e. The maximum atomic E-state index is 4.79. The zero-order chi connectivity index (χ0) is 14.4. The summed E-state index contributed by atoms with van der Waals surface area (Å²) >= 11 is 0. The summed E-state index contributed by atoms with van der Waals surface area (Å²) in [6.45, 7) is 5.57. The normalized spacial score (nSPS) is 12.9. The van der Waals surface area contributed by atoms with Crippen LogP contribution in [-0.2, 0) is 13.5 Å². The topological polar surface area (TPSA) is 29.9 Å². The third-order valence-corrected chi connectivity index (χ3v) is 3.90. The zero-order valence-corrected chi connectivity index (χ0v) is 13.0. The Morgan fingerprint density at radius 3 is 2.70 bits per heavy atom. The van der Waals surface area contributed by atoms with E-state index in [1.54, 1.807) is 0 Å². The minimum atomic E-state index is 0.547. The highest BCUT2D eigenvalue weighted by Crippen LogP contribution is 2.16. The van der Waals surface area contributed by atoms with E-state index in [1.165, 1.54) is 37.0 Å². The molecule has 0 saturated carbocycles. The SMILES string of the molecule is CCCCC(Cc1nc2ccccc2n1C)NCCC. The Balaban J connectivity index is 2.12. The van der Waals surface area contributed by atoms with Gasteiger partial charge in [0.2, 0.25) is 0 Å². The fourth-order valence-electron chi connectivity index (χ4n) is 2.67. The van der Waals surface area contributed by atoms with Crippen LogP contribution >= 0.6 is 0 Å². The smallest absolute Gasteiger partial charge is 0.111 e. The lowest BCUT2D eigenvalue weighted by atomic mass is 10.1. The number of unbranched alkanes of at least 4 members (excludes halogenated alkanes) is 1. The second-order valence-corrected chi connectivity index (χ2v) is 5.57. The van der Waals surface area contributed by atoms with Gasteiger partial charge in [0.15, 0.2) is 0 Å². The van der Waals surface area contributed by atoms with E-state index in [2.05, 4.69) is 55.0 Å². The molecule has 0 spiro atoms. The van der Waals surface area contributed by atoms with Gasteiger partial charge >= 0.3 is 0 Å². The Morgan fingerprint density at radius 1 is 1.20 bits per heavy atom. The second kappa shape index (κ2) is 7.44. The highest BCUT2D eigenvalue weighted by molar-refractivity contribution is 5.75. The van der Waals surface area contributed by atoms with Gasteiger partial charge < -0.3 is 9.88 Å². The molecular formula is C17H27N3. The van der Waals surface area contributed by atoms with Crippen LogP contribution in [0.5, 0.6) is 0 Å². The number of nitrogens with one attached hydrogen (secondary N) is 1. The van der Waals surface area contributed by atoms with Gasteiger partial charge in [0.1, 0.15) is 5.82 Å². The largest absolute Gasteiger partial charge is 0.331 e. The molecule has 0 aliphatic heterocycles. The van der Waals surface area contributed by atoms with Crippen LogP contribution in [0, 0.1) is 0 Å². The predicted molar refractivity (Wildman–Crippen MR) is 86.0 cm³/mol. The first-order valence-corrected chi connectivity index (χ1v) is 7.90. The van der Waals surface area contributed by atoms with Crippen molar-refractivity contribution in [2.24, 2.45) is 7.05 Å². The van der Waals surface area contributed by atoms with Crippen molar-refractivity contribution in [1.82, 2.24) is 14.9 Å². The highest BCUT2D eigenvalue weighted by Gasteiger charge is 2.13.